The highest BCUT2D eigenvalue weighted by Gasteiger charge is 2.17. The van der Waals surface area contributed by atoms with E-state index in [2.05, 4.69) is 0 Å². The van der Waals surface area contributed by atoms with Gasteiger partial charge in [-0.3, -0.25) is 4.79 Å². The molecular weight excluding hydrogens is 196 g/mol. The Labute approximate surface area is 98.2 Å². The molecule has 0 spiro atoms. The smallest absolute Gasteiger partial charge is 0.165 e. The summed E-state index contributed by atoms with van der Waals surface area (Å²) in [6, 6.07) is 8.04. The van der Waals surface area contributed by atoms with Crippen LogP contribution in [-0.4, -0.2) is 5.78 Å². The van der Waals surface area contributed by atoms with Crippen molar-refractivity contribution in [3.8, 4) is 0 Å². The molecule has 0 saturated heterocycles. The lowest BCUT2D eigenvalue weighted by atomic mass is 9.90. The molecule has 16 heavy (non-hydrogen) atoms. The van der Waals surface area contributed by atoms with Crippen LogP contribution in [-0.2, 0) is 4.79 Å². The Morgan fingerprint density at radius 1 is 1.38 bits per heavy atom. The van der Waals surface area contributed by atoms with Crippen molar-refractivity contribution in [1.29, 1.82) is 0 Å². The topological polar surface area (TPSA) is 17.1 Å². The fourth-order valence-electron chi connectivity index (χ4n) is 1.76. The van der Waals surface area contributed by atoms with E-state index in [9.17, 15) is 4.79 Å². The van der Waals surface area contributed by atoms with Crippen LogP contribution in [0.1, 0.15) is 38.3 Å². The maximum atomic E-state index is 12.2. The molecule has 0 aliphatic rings. The van der Waals surface area contributed by atoms with Gasteiger partial charge in [-0.2, -0.15) is 0 Å². The third-order valence-electron chi connectivity index (χ3n) is 3.05. The Balaban J connectivity index is 3.10. The summed E-state index contributed by atoms with van der Waals surface area (Å²) >= 11 is 0. The van der Waals surface area contributed by atoms with Crippen molar-refractivity contribution < 1.29 is 4.79 Å². The van der Waals surface area contributed by atoms with Gasteiger partial charge in [-0.25, -0.2) is 0 Å². The number of benzene rings is 1. The Kier molecular flexibility index (Phi) is 4.48. The summed E-state index contributed by atoms with van der Waals surface area (Å²) in [4.78, 5) is 12.2. The summed E-state index contributed by atoms with van der Waals surface area (Å²) in [5.41, 5.74) is 3.08. The van der Waals surface area contributed by atoms with Gasteiger partial charge in [0.1, 0.15) is 0 Å². The first-order valence-electron chi connectivity index (χ1n) is 5.88. The molecule has 0 saturated carbocycles. The second kappa shape index (κ2) is 5.64. The Morgan fingerprint density at radius 3 is 2.50 bits per heavy atom. The first-order chi connectivity index (χ1) is 7.61. The largest absolute Gasteiger partial charge is 0.294 e. The average molecular weight is 216 g/mol. The summed E-state index contributed by atoms with van der Waals surface area (Å²) in [6.45, 7) is 8.02. The minimum Gasteiger partial charge on any atom is -0.294 e. The van der Waals surface area contributed by atoms with Gasteiger partial charge in [0.15, 0.2) is 5.78 Å². The van der Waals surface area contributed by atoms with Crippen LogP contribution in [0.25, 0.3) is 5.57 Å². The fraction of sp³-hybridized carbons (Fsp3) is 0.400. The number of allylic oxidation sites excluding steroid dienone is 2. The van der Waals surface area contributed by atoms with Crippen molar-refractivity contribution >= 4 is 11.4 Å². The highest BCUT2D eigenvalue weighted by molar-refractivity contribution is 6.21. The standard InChI is InChI=1S/C15H20O/c1-5-11(3)15(16)13(6-2)14-10-8-7-9-12(14)4/h6-11H,5H2,1-4H3/b13-6-. The highest BCUT2D eigenvalue weighted by Crippen LogP contribution is 2.23. The van der Waals surface area contributed by atoms with Crippen LogP contribution in [0.3, 0.4) is 0 Å². The molecule has 1 aromatic rings. The summed E-state index contributed by atoms with van der Waals surface area (Å²) < 4.78 is 0. The number of carbonyl (C=O) groups excluding carboxylic acids is 1. The molecule has 86 valence electrons. The van der Waals surface area contributed by atoms with Gasteiger partial charge in [0.05, 0.1) is 0 Å². The molecule has 0 fully saturated rings. The first kappa shape index (κ1) is 12.7. The average Bonchev–Trinajstić information content (AvgIpc) is 2.31. The zero-order chi connectivity index (χ0) is 12.1. The predicted octanol–water partition coefficient (Wildman–Crippen LogP) is 4.01. The van der Waals surface area contributed by atoms with Gasteiger partial charge in [-0.05, 0) is 31.4 Å². The maximum absolute atomic E-state index is 12.2. The van der Waals surface area contributed by atoms with Crippen molar-refractivity contribution in [1.82, 2.24) is 0 Å². The molecule has 1 aromatic carbocycles. The van der Waals surface area contributed by atoms with Gasteiger partial charge < -0.3 is 0 Å². The van der Waals surface area contributed by atoms with Crippen LogP contribution in [0.15, 0.2) is 30.3 Å². The number of hydrogen-bond donors (Lipinski definition) is 0. The van der Waals surface area contributed by atoms with Gasteiger partial charge in [-0.15, -0.1) is 0 Å². The van der Waals surface area contributed by atoms with Crippen LogP contribution in [0.4, 0.5) is 0 Å². The molecule has 1 atom stereocenters. The van der Waals surface area contributed by atoms with Crippen LogP contribution < -0.4 is 0 Å². The van der Waals surface area contributed by atoms with Gasteiger partial charge in [0.25, 0.3) is 0 Å². The lowest BCUT2D eigenvalue weighted by molar-refractivity contribution is -0.116. The SMILES string of the molecule is C/C=C(\C(=O)C(C)CC)c1ccccc1C. The van der Waals surface area contributed by atoms with Gasteiger partial charge in [0.2, 0.25) is 0 Å². The molecule has 0 aliphatic heterocycles. The van der Waals surface area contributed by atoms with Crippen molar-refractivity contribution in [2.75, 3.05) is 0 Å². The Morgan fingerprint density at radius 2 is 2.00 bits per heavy atom. The van der Waals surface area contributed by atoms with E-state index in [1.54, 1.807) is 0 Å². The second-order valence-corrected chi connectivity index (χ2v) is 4.19. The number of hydrogen-bond acceptors (Lipinski definition) is 1. The molecule has 1 heteroatoms. The predicted molar refractivity (Wildman–Crippen MR) is 69.3 cm³/mol. The van der Waals surface area contributed by atoms with E-state index in [4.69, 9.17) is 0 Å². The Hall–Kier alpha value is -1.37. The van der Waals surface area contributed by atoms with E-state index in [0.717, 1.165) is 23.1 Å². The van der Waals surface area contributed by atoms with Crippen molar-refractivity contribution in [3.05, 3.63) is 41.5 Å². The third kappa shape index (κ3) is 2.60. The lowest BCUT2D eigenvalue weighted by Crippen LogP contribution is -2.12. The van der Waals surface area contributed by atoms with Gasteiger partial charge in [-0.1, -0.05) is 44.2 Å². The number of carbonyl (C=O) groups is 1. The molecule has 0 N–H and O–H groups in total. The van der Waals surface area contributed by atoms with Crippen molar-refractivity contribution in [2.24, 2.45) is 5.92 Å². The molecule has 0 bridgehead atoms. The van der Waals surface area contributed by atoms with Crippen molar-refractivity contribution in [2.45, 2.75) is 34.1 Å². The number of Topliss-reactive ketones (excluding diaryl/α,β-unsaturated/α-hetero) is 1. The molecule has 0 amide bonds. The molecule has 1 rings (SSSR count). The van der Waals surface area contributed by atoms with E-state index < -0.39 is 0 Å². The maximum Gasteiger partial charge on any atom is 0.165 e. The molecule has 0 aromatic heterocycles. The fourth-order valence-corrected chi connectivity index (χ4v) is 1.76. The van der Waals surface area contributed by atoms with E-state index in [0.29, 0.717) is 0 Å². The normalized spacial score (nSPS) is 13.6. The number of ketones is 1. The number of rotatable bonds is 4. The molecule has 1 nitrogen and oxygen atoms in total. The first-order valence-corrected chi connectivity index (χ1v) is 5.88. The lowest BCUT2D eigenvalue weighted by Gasteiger charge is -2.13. The molecule has 0 heterocycles. The van der Waals surface area contributed by atoms with Crippen LogP contribution >= 0.6 is 0 Å². The second-order valence-electron chi connectivity index (χ2n) is 4.19. The molecule has 0 radical (unpaired) electrons. The molecule has 0 aliphatic carbocycles. The highest BCUT2D eigenvalue weighted by atomic mass is 16.1. The quantitative estimate of drug-likeness (QED) is 0.695. The molecule has 1 unspecified atom stereocenters. The summed E-state index contributed by atoms with van der Waals surface area (Å²) in [6.07, 6.45) is 2.82. The van der Waals surface area contributed by atoms with E-state index in [1.807, 2.05) is 58.0 Å². The Bertz CT molecular complexity index is 402. The van der Waals surface area contributed by atoms with Crippen LogP contribution in [0.2, 0.25) is 0 Å². The monoisotopic (exact) mass is 216 g/mol. The minimum absolute atomic E-state index is 0.103. The van der Waals surface area contributed by atoms with Crippen LogP contribution in [0, 0.1) is 12.8 Å². The molecular formula is C15H20O. The van der Waals surface area contributed by atoms with Gasteiger partial charge in [0, 0.05) is 11.5 Å². The van der Waals surface area contributed by atoms with Gasteiger partial charge >= 0.3 is 0 Å². The summed E-state index contributed by atoms with van der Waals surface area (Å²) in [5, 5.41) is 0. The zero-order valence-corrected chi connectivity index (χ0v) is 10.6. The summed E-state index contributed by atoms with van der Waals surface area (Å²) in [5.74, 6) is 0.352. The number of aryl methyl sites for hydroxylation is 1. The third-order valence-corrected chi connectivity index (χ3v) is 3.05. The van der Waals surface area contributed by atoms with E-state index in [-0.39, 0.29) is 11.7 Å². The van der Waals surface area contributed by atoms with Crippen LogP contribution in [0.5, 0.6) is 0 Å². The minimum atomic E-state index is 0.103. The van der Waals surface area contributed by atoms with E-state index >= 15 is 0 Å². The van der Waals surface area contributed by atoms with E-state index in [1.165, 1.54) is 0 Å². The zero-order valence-electron chi connectivity index (χ0n) is 10.6. The summed E-state index contributed by atoms with van der Waals surface area (Å²) in [7, 11) is 0. The van der Waals surface area contributed by atoms with Crippen molar-refractivity contribution in [3.63, 3.8) is 0 Å².